The average molecular weight is 396 g/mol. The number of hydrazone groups is 1. The van der Waals surface area contributed by atoms with Gasteiger partial charge in [0.1, 0.15) is 0 Å². The Morgan fingerprint density at radius 2 is 1.89 bits per heavy atom. The molecule has 1 N–H and O–H groups in total. The summed E-state index contributed by atoms with van der Waals surface area (Å²) in [5.74, 6) is 0.100. The minimum Gasteiger partial charge on any atom is -0.372 e. The van der Waals surface area contributed by atoms with Gasteiger partial charge >= 0.3 is 0 Å². The van der Waals surface area contributed by atoms with Crippen molar-refractivity contribution < 1.29 is 4.79 Å². The van der Waals surface area contributed by atoms with E-state index in [2.05, 4.69) is 46.4 Å². The second-order valence-electron chi connectivity index (χ2n) is 6.29. The number of imidazole rings is 1. The predicted molar refractivity (Wildman–Crippen MR) is 117 cm³/mol. The molecular formula is C21H25N5OS. The van der Waals surface area contributed by atoms with Crippen LogP contribution in [-0.4, -0.2) is 40.5 Å². The number of carbonyl (C=O) groups is 1. The van der Waals surface area contributed by atoms with Crippen LogP contribution in [0.5, 0.6) is 0 Å². The molecule has 3 rings (SSSR count). The Kier molecular flexibility index (Phi) is 6.71. The van der Waals surface area contributed by atoms with Crippen LogP contribution in [0.4, 0.5) is 5.69 Å². The van der Waals surface area contributed by atoms with Crippen molar-refractivity contribution in [2.75, 3.05) is 23.7 Å². The predicted octanol–water partition coefficient (Wildman–Crippen LogP) is 3.66. The molecule has 0 radical (unpaired) electrons. The third-order valence-corrected chi connectivity index (χ3v) is 5.53. The number of hydrogen-bond acceptors (Lipinski definition) is 5. The highest BCUT2D eigenvalue weighted by Gasteiger charge is 2.09. The van der Waals surface area contributed by atoms with Crippen LogP contribution in [0.3, 0.4) is 0 Å². The lowest BCUT2D eigenvalue weighted by atomic mass is 10.2. The van der Waals surface area contributed by atoms with Crippen LogP contribution in [-0.2, 0) is 11.8 Å². The fourth-order valence-corrected chi connectivity index (χ4v) is 3.73. The van der Waals surface area contributed by atoms with Crippen molar-refractivity contribution in [3.05, 3.63) is 54.1 Å². The molecule has 1 aromatic heterocycles. The smallest absolute Gasteiger partial charge is 0.250 e. The highest BCUT2D eigenvalue weighted by atomic mass is 32.2. The molecule has 1 amide bonds. The average Bonchev–Trinajstić information content (AvgIpc) is 3.04. The van der Waals surface area contributed by atoms with Gasteiger partial charge < -0.3 is 9.47 Å². The monoisotopic (exact) mass is 395 g/mol. The molecule has 1 heterocycles. The van der Waals surface area contributed by atoms with Crippen molar-refractivity contribution in [2.45, 2.75) is 19.0 Å². The van der Waals surface area contributed by atoms with Gasteiger partial charge in [-0.2, -0.15) is 5.10 Å². The summed E-state index contributed by atoms with van der Waals surface area (Å²) in [6, 6.07) is 16.1. The number of nitrogens with zero attached hydrogens (tertiary/aromatic N) is 4. The van der Waals surface area contributed by atoms with E-state index in [1.54, 1.807) is 6.21 Å². The van der Waals surface area contributed by atoms with E-state index < -0.39 is 0 Å². The number of benzene rings is 2. The Bertz CT molecular complexity index is 961. The van der Waals surface area contributed by atoms with Crippen molar-refractivity contribution in [1.82, 2.24) is 15.0 Å². The molecule has 0 saturated heterocycles. The molecule has 0 aliphatic rings. The SMILES string of the molecule is CCN(CC)c1ccc(/C=N/NC(=O)CSc2nc3ccccc3n2C)cc1. The van der Waals surface area contributed by atoms with Gasteiger partial charge in [0.15, 0.2) is 5.16 Å². The summed E-state index contributed by atoms with van der Waals surface area (Å²) in [6.45, 7) is 6.23. The first-order chi connectivity index (χ1) is 13.6. The van der Waals surface area contributed by atoms with Gasteiger partial charge in [0.25, 0.3) is 5.91 Å². The van der Waals surface area contributed by atoms with Crippen molar-refractivity contribution in [3.63, 3.8) is 0 Å². The van der Waals surface area contributed by atoms with E-state index in [0.717, 1.165) is 34.8 Å². The first kappa shape index (κ1) is 19.9. The van der Waals surface area contributed by atoms with Crippen LogP contribution in [0.2, 0.25) is 0 Å². The molecule has 0 bridgehead atoms. The number of rotatable bonds is 8. The van der Waals surface area contributed by atoms with E-state index in [9.17, 15) is 4.79 Å². The van der Waals surface area contributed by atoms with E-state index in [4.69, 9.17) is 0 Å². The van der Waals surface area contributed by atoms with Crippen molar-refractivity contribution >= 4 is 40.6 Å². The molecule has 2 aromatic carbocycles. The number of nitrogens with one attached hydrogen (secondary N) is 1. The van der Waals surface area contributed by atoms with E-state index in [1.807, 2.05) is 48.0 Å². The minimum atomic E-state index is -0.159. The minimum absolute atomic E-state index is 0.159. The number of aryl methyl sites for hydroxylation is 1. The number of fused-ring (bicyclic) bond motifs is 1. The lowest BCUT2D eigenvalue weighted by Gasteiger charge is -2.20. The van der Waals surface area contributed by atoms with Crippen molar-refractivity contribution in [1.29, 1.82) is 0 Å². The van der Waals surface area contributed by atoms with Crippen LogP contribution >= 0.6 is 11.8 Å². The third kappa shape index (κ3) is 4.72. The first-order valence-electron chi connectivity index (χ1n) is 9.33. The van der Waals surface area contributed by atoms with Crippen LogP contribution < -0.4 is 10.3 Å². The van der Waals surface area contributed by atoms with Gasteiger partial charge in [-0.05, 0) is 43.7 Å². The molecule has 146 valence electrons. The maximum absolute atomic E-state index is 12.1. The Morgan fingerprint density at radius 1 is 1.18 bits per heavy atom. The molecule has 6 nitrogen and oxygen atoms in total. The summed E-state index contributed by atoms with van der Waals surface area (Å²) in [5.41, 5.74) is 6.69. The highest BCUT2D eigenvalue weighted by Crippen LogP contribution is 2.22. The molecule has 0 spiro atoms. The lowest BCUT2D eigenvalue weighted by Crippen LogP contribution is -2.21. The van der Waals surface area contributed by atoms with Crippen molar-refractivity contribution in [3.8, 4) is 0 Å². The molecule has 7 heteroatoms. The van der Waals surface area contributed by atoms with Crippen LogP contribution in [0.15, 0.2) is 58.8 Å². The third-order valence-electron chi connectivity index (χ3n) is 4.50. The number of carbonyl (C=O) groups excluding carboxylic acids is 1. The van der Waals surface area contributed by atoms with Gasteiger partial charge in [0.05, 0.1) is 23.0 Å². The molecule has 28 heavy (non-hydrogen) atoms. The van der Waals surface area contributed by atoms with Crippen molar-refractivity contribution in [2.24, 2.45) is 12.1 Å². The zero-order valence-corrected chi connectivity index (χ0v) is 17.2. The fraction of sp³-hybridized carbons (Fsp3) is 0.286. The molecule has 0 atom stereocenters. The maximum atomic E-state index is 12.1. The van der Waals surface area contributed by atoms with E-state index in [0.29, 0.717) is 0 Å². The summed E-state index contributed by atoms with van der Waals surface area (Å²) in [4.78, 5) is 18.9. The standard InChI is InChI=1S/C21H25N5OS/c1-4-26(5-2)17-12-10-16(11-13-17)14-22-24-20(27)15-28-21-23-18-8-6-7-9-19(18)25(21)3/h6-14H,4-5,15H2,1-3H3,(H,24,27)/b22-14+. The number of aromatic nitrogens is 2. The van der Waals surface area contributed by atoms with E-state index in [-0.39, 0.29) is 11.7 Å². The Morgan fingerprint density at radius 3 is 2.57 bits per heavy atom. The maximum Gasteiger partial charge on any atom is 0.250 e. The van der Waals surface area contributed by atoms with Gasteiger partial charge in [-0.25, -0.2) is 10.4 Å². The lowest BCUT2D eigenvalue weighted by molar-refractivity contribution is -0.118. The largest absolute Gasteiger partial charge is 0.372 e. The number of amides is 1. The van der Waals surface area contributed by atoms with Gasteiger partial charge in [-0.1, -0.05) is 36.0 Å². The zero-order valence-electron chi connectivity index (χ0n) is 16.4. The molecular weight excluding hydrogens is 370 g/mol. The first-order valence-corrected chi connectivity index (χ1v) is 10.3. The van der Waals surface area contributed by atoms with Gasteiger partial charge in [-0.15, -0.1) is 0 Å². The summed E-state index contributed by atoms with van der Waals surface area (Å²) >= 11 is 1.40. The number of thioether (sulfide) groups is 1. The number of para-hydroxylation sites is 2. The quantitative estimate of drug-likeness (QED) is 0.359. The van der Waals surface area contributed by atoms with E-state index in [1.165, 1.54) is 17.4 Å². The normalized spacial score (nSPS) is 11.2. The summed E-state index contributed by atoms with van der Waals surface area (Å²) in [6.07, 6.45) is 1.66. The Balaban J connectivity index is 1.51. The van der Waals surface area contributed by atoms with Gasteiger partial charge in [-0.3, -0.25) is 4.79 Å². The molecule has 3 aromatic rings. The van der Waals surface area contributed by atoms with E-state index >= 15 is 0 Å². The highest BCUT2D eigenvalue weighted by molar-refractivity contribution is 7.99. The second kappa shape index (κ2) is 9.41. The van der Waals surface area contributed by atoms with Gasteiger partial charge in [0, 0.05) is 25.8 Å². The van der Waals surface area contributed by atoms with Crippen LogP contribution in [0.1, 0.15) is 19.4 Å². The summed E-state index contributed by atoms with van der Waals surface area (Å²) in [5, 5.41) is 4.87. The molecule has 0 fully saturated rings. The number of hydrogen-bond donors (Lipinski definition) is 1. The second-order valence-corrected chi connectivity index (χ2v) is 7.23. The zero-order chi connectivity index (χ0) is 19.9. The fourth-order valence-electron chi connectivity index (χ4n) is 2.95. The number of anilines is 1. The molecule has 0 aliphatic heterocycles. The summed E-state index contributed by atoms with van der Waals surface area (Å²) < 4.78 is 1.99. The molecule has 0 unspecified atom stereocenters. The Hall–Kier alpha value is -2.80. The Labute approximate surface area is 169 Å². The van der Waals surface area contributed by atoms with Crippen LogP contribution in [0.25, 0.3) is 11.0 Å². The van der Waals surface area contributed by atoms with Gasteiger partial charge in [0.2, 0.25) is 0 Å². The molecule has 0 aliphatic carbocycles. The molecule has 0 saturated carbocycles. The topological polar surface area (TPSA) is 62.5 Å². The summed E-state index contributed by atoms with van der Waals surface area (Å²) in [7, 11) is 1.95. The van der Waals surface area contributed by atoms with Crippen LogP contribution in [0, 0.1) is 0 Å².